The SMILES string of the molecule is CC(C)C[C@H](N)COc1ccc(-c2c[nH]c3nc(F)ccc23)nc1. The van der Waals surface area contributed by atoms with Crippen LogP contribution in [0.4, 0.5) is 4.39 Å². The van der Waals surface area contributed by atoms with Crippen molar-refractivity contribution in [1.29, 1.82) is 0 Å². The van der Waals surface area contributed by atoms with Crippen molar-refractivity contribution in [2.75, 3.05) is 6.61 Å². The second kappa shape index (κ2) is 6.97. The van der Waals surface area contributed by atoms with Crippen LogP contribution < -0.4 is 10.5 Å². The Balaban J connectivity index is 1.72. The summed E-state index contributed by atoms with van der Waals surface area (Å²) in [6, 6.07) is 6.78. The lowest BCUT2D eigenvalue weighted by molar-refractivity contribution is 0.270. The van der Waals surface area contributed by atoms with Crippen LogP contribution in [0.5, 0.6) is 5.75 Å². The van der Waals surface area contributed by atoms with Crippen LogP contribution in [0.1, 0.15) is 20.3 Å². The summed E-state index contributed by atoms with van der Waals surface area (Å²) in [6.07, 6.45) is 4.37. The average Bonchev–Trinajstić information content (AvgIpc) is 2.95. The predicted molar refractivity (Wildman–Crippen MR) is 92.2 cm³/mol. The first-order valence-corrected chi connectivity index (χ1v) is 8.01. The molecule has 3 rings (SSSR count). The van der Waals surface area contributed by atoms with Crippen molar-refractivity contribution in [3.8, 4) is 17.0 Å². The summed E-state index contributed by atoms with van der Waals surface area (Å²) < 4.78 is 18.8. The zero-order chi connectivity index (χ0) is 17.1. The highest BCUT2D eigenvalue weighted by molar-refractivity contribution is 5.92. The van der Waals surface area contributed by atoms with Gasteiger partial charge in [-0.05, 0) is 36.6 Å². The number of H-pyrrole nitrogens is 1. The lowest BCUT2D eigenvalue weighted by atomic mass is 10.1. The van der Waals surface area contributed by atoms with E-state index in [1.807, 2.05) is 12.1 Å². The average molecular weight is 328 g/mol. The normalized spacial score (nSPS) is 12.7. The third kappa shape index (κ3) is 3.71. The predicted octanol–water partition coefficient (Wildman–Crippen LogP) is 3.52. The summed E-state index contributed by atoms with van der Waals surface area (Å²) in [6.45, 7) is 4.74. The minimum atomic E-state index is -0.509. The van der Waals surface area contributed by atoms with Gasteiger partial charge < -0.3 is 15.5 Å². The van der Waals surface area contributed by atoms with Gasteiger partial charge in [-0.1, -0.05) is 13.8 Å². The Kier molecular flexibility index (Phi) is 4.76. The number of aromatic nitrogens is 3. The third-order valence-electron chi connectivity index (χ3n) is 3.76. The molecule has 1 atom stereocenters. The number of aromatic amines is 1. The summed E-state index contributed by atoms with van der Waals surface area (Å²) in [5, 5.41) is 0.830. The van der Waals surface area contributed by atoms with E-state index in [1.165, 1.54) is 6.07 Å². The molecule has 5 nitrogen and oxygen atoms in total. The highest BCUT2D eigenvalue weighted by atomic mass is 19.1. The molecule has 0 unspecified atom stereocenters. The first kappa shape index (κ1) is 16.4. The highest BCUT2D eigenvalue weighted by Gasteiger charge is 2.10. The smallest absolute Gasteiger partial charge is 0.214 e. The summed E-state index contributed by atoms with van der Waals surface area (Å²) in [7, 11) is 0. The summed E-state index contributed by atoms with van der Waals surface area (Å²) in [5.74, 6) is 0.719. The number of nitrogens with zero attached hydrogens (tertiary/aromatic N) is 2. The molecule has 3 aromatic heterocycles. The molecule has 0 spiro atoms. The van der Waals surface area contributed by atoms with Gasteiger partial charge in [-0.3, -0.25) is 4.98 Å². The third-order valence-corrected chi connectivity index (χ3v) is 3.76. The van der Waals surface area contributed by atoms with Crippen molar-refractivity contribution < 1.29 is 9.13 Å². The van der Waals surface area contributed by atoms with E-state index in [0.717, 1.165) is 23.1 Å². The Bertz CT molecular complexity index is 814. The van der Waals surface area contributed by atoms with Crippen LogP contribution in [0.3, 0.4) is 0 Å². The maximum atomic E-state index is 13.2. The molecule has 0 aliphatic carbocycles. The van der Waals surface area contributed by atoms with Gasteiger partial charge in [0.2, 0.25) is 5.95 Å². The molecule has 3 aromatic rings. The van der Waals surface area contributed by atoms with Crippen molar-refractivity contribution in [3.63, 3.8) is 0 Å². The van der Waals surface area contributed by atoms with Gasteiger partial charge in [0.1, 0.15) is 18.0 Å². The molecular formula is C18H21FN4O. The largest absolute Gasteiger partial charge is 0.490 e. The molecule has 0 amide bonds. The zero-order valence-corrected chi connectivity index (χ0v) is 13.8. The Morgan fingerprint density at radius 2 is 2.08 bits per heavy atom. The Morgan fingerprint density at radius 3 is 2.79 bits per heavy atom. The molecule has 0 bridgehead atoms. The molecule has 3 N–H and O–H groups in total. The minimum absolute atomic E-state index is 0.0132. The van der Waals surface area contributed by atoms with Gasteiger partial charge in [-0.15, -0.1) is 0 Å². The molecule has 0 aliphatic heterocycles. The molecule has 0 saturated heterocycles. The molecule has 0 radical (unpaired) electrons. The van der Waals surface area contributed by atoms with Crippen molar-refractivity contribution in [2.24, 2.45) is 11.7 Å². The first-order chi connectivity index (χ1) is 11.5. The van der Waals surface area contributed by atoms with E-state index in [0.29, 0.717) is 23.9 Å². The number of pyridine rings is 2. The molecule has 0 aromatic carbocycles. The molecular weight excluding hydrogens is 307 g/mol. The highest BCUT2D eigenvalue weighted by Crippen LogP contribution is 2.27. The van der Waals surface area contributed by atoms with E-state index in [4.69, 9.17) is 10.5 Å². The topological polar surface area (TPSA) is 76.8 Å². The van der Waals surface area contributed by atoms with Crippen LogP contribution >= 0.6 is 0 Å². The van der Waals surface area contributed by atoms with Crippen molar-refractivity contribution in [1.82, 2.24) is 15.0 Å². The van der Waals surface area contributed by atoms with E-state index in [2.05, 4.69) is 28.8 Å². The molecule has 126 valence electrons. The van der Waals surface area contributed by atoms with Crippen molar-refractivity contribution in [2.45, 2.75) is 26.3 Å². The fraction of sp³-hybridized carbons (Fsp3) is 0.333. The van der Waals surface area contributed by atoms with Crippen LogP contribution in [0.25, 0.3) is 22.3 Å². The van der Waals surface area contributed by atoms with Crippen LogP contribution in [-0.2, 0) is 0 Å². The monoisotopic (exact) mass is 328 g/mol. The minimum Gasteiger partial charge on any atom is -0.490 e. The summed E-state index contributed by atoms with van der Waals surface area (Å²) in [5.41, 5.74) is 8.17. The van der Waals surface area contributed by atoms with Gasteiger partial charge in [0.15, 0.2) is 0 Å². The zero-order valence-electron chi connectivity index (χ0n) is 13.8. The van der Waals surface area contributed by atoms with E-state index in [9.17, 15) is 4.39 Å². The standard InChI is InChI=1S/C18H21FN4O/c1-11(2)7-12(20)10-24-13-3-5-16(21-8-13)15-9-22-18-14(15)4-6-17(19)23-18/h3-6,8-9,11-12H,7,10,20H2,1-2H3,(H,22,23)/t12-/m0/s1. The van der Waals surface area contributed by atoms with Crippen LogP contribution in [0.15, 0.2) is 36.7 Å². The Morgan fingerprint density at radius 1 is 1.25 bits per heavy atom. The summed E-state index contributed by atoms with van der Waals surface area (Å²) >= 11 is 0. The van der Waals surface area contributed by atoms with Gasteiger partial charge in [-0.2, -0.15) is 4.39 Å². The second-order valence-corrected chi connectivity index (χ2v) is 6.31. The number of hydrogen-bond acceptors (Lipinski definition) is 4. The van der Waals surface area contributed by atoms with E-state index >= 15 is 0 Å². The van der Waals surface area contributed by atoms with Crippen molar-refractivity contribution in [3.05, 3.63) is 42.6 Å². The Hall–Kier alpha value is -2.47. The summed E-state index contributed by atoms with van der Waals surface area (Å²) in [4.78, 5) is 11.2. The molecule has 0 saturated carbocycles. The number of nitrogens with one attached hydrogen (secondary N) is 1. The van der Waals surface area contributed by atoms with Crippen LogP contribution in [0, 0.1) is 11.9 Å². The maximum absolute atomic E-state index is 13.2. The van der Waals surface area contributed by atoms with Gasteiger partial charge in [0.25, 0.3) is 0 Å². The molecule has 24 heavy (non-hydrogen) atoms. The van der Waals surface area contributed by atoms with E-state index in [1.54, 1.807) is 18.5 Å². The van der Waals surface area contributed by atoms with Crippen LogP contribution in [0.2, 0.25) is 0 Å². The first-order valence-electron chi connectivity index (χ1n) is 8.01. The molecule has 0 aliphatic rings. The Labute approximate surface area is 140 Å². The second-order valence-electron chi connectivity index (χ2n) is 6.31. The quantitative estimate of drug-likeness (QED) is 0.679. The number of nitrogens with two attached hydrogens (primary N) is 1. The number of fused-ring (bicyclic) bond motifs is 1. The van der Waals surface area contributed by atoms with E-state index < -0.39 is 5.95 Å². The fourth-order valence-corrected chi connectivity index (χ4v) is 2.69. The number of ether oxygens (including phenoxy) is 1. The van der Waals surface area contributed by atoms with Crippen molar-refractivity contribution >= 4 is 11.0 Å². The molecule has 6 heteroatoms. The van der Waals surface area contributed by atoms with Gasteiger partial charge in [-0.25, -0.2) is 4.98 Å². The lowest BCUT2D eigenvalue weighted by Gasteiger charge is -2.15. The maximum Gasteiger partial charge on any atom is 0.214 e. The van der Waals surface area contributed by atoms with E-state index in [-0.39, 0.29) is 6.04 Å². The van der Waals surface area contributed by atoms with Gasteiger partial charge >= 0.3 is 0 Å². The lowest BCUT2D eigenvalue weighted by Crippen LogP contribution is -2.29. The van der Waals surface area contributed by atoms with Gasteiger partial charge in [0, 0.05) is 23.2 Å². The molecule has 3 heterocycles. The molecule has 0 fully saturated rings. The number of hydrogen-bond donors (Lipinski definition) is 2. The number of rotatable bonds is 6. The van der Waals surface area contributed by atoms with Gasteiger partial charge in [0.05, 0.1) is 11.9 Å². The number of halogens is 1. The van der Waals surface area contributed by atoms with Crippen LogP contribution in [-0.4, -0.2) is 27.6 Å². The fourth-order valence-electron chi connectivity index (χ4n) is 2.69.